The summed E-state index contributed by atoms with van der Waals surface area (Å²) in [6, 6.07) is 5.81. The van der Waals surface area contributed by atoms with E-state index < -0.39 is 0 Å². The van der Waals surface area contributed by atoms with Gasteiger partial charge in [0, 0.05) is 11.1 Å². The van der Waals surface area contributed by atoms with Gasteiger partial charge in [-0.2, -0.15) is 0 Å². The molecular formula is C13H12ClN3S2. The van der Waals surface area contributed by atoms with Gasteiger partial charge in [0.25, 0.3) is 0 Å². The summed E-state index contributed by atoms with van der Waals surface area (Å²) in [5, 5.41) is 1.75. The molecule has 6 heteroatoms. The number of para-hydroxylation sites is 1. The average Bonchev–Trinajstić information content (AvgIpc) is 2.97. The van der Waals surface area contributed by atoms with Crippen LogP contribution in [0.5, 0.6) is 0 Å². The minimum Gasteiger partial charge on any atom is -0.329 e. The van der Waals surface area contributed by atoms with E-state index in [4.69, 9.17) is 23.8 Å². The summed E-state index contributed by atoms with van der Waals surface area (Å²) >= 11 is 13.3. The molecule has 0 radical (unpaired) electrons. The van der Waals surface area contributed by atoms with Crippen LogP contribution in [0.15, 0.2) is 24.4 Å². The summed E-state index contributed by atoms with van der Waals surface area (Å²) in [6.45, 7) is 2.82. The predicted molar refractivity (Wildman–Crippen MR) is 82.7 cm³/mol. The minimum absolute atomic E-state index is 0.677. The lowest BCUT2D eigenvalue weighted by molar-refractivity contribution is 0.803. The summed E-state index contributed by atoms with van der Waals surface area (Å²) in [7, 11) is 0. The van der Waals surface area contributed by atoms with Crippen molar-refractivity contribution in [3.63, 3.8) is 0 Å². The van der Waals surface area contributed by atoms with Crippen LogP contribution >= 0.6 is 35.2 Å². The smallest absolute Gasteiger partial charge is 0.178 e. The highest BCUT2D eigenvalue weighted by molar-refractivity contribution is 7.71. The standard InChI is InChI=1S/C13H12ClN3S2/c1-2-8-6-15-11(19-8)7-17-10-5-3-4-9(14)12(10)16-13(17)18/h3-6H,2,7H2,1H3,(H,16,18). The Bertz CT molecular complexity index is 785. The highest BCUT2D eigenvalue weighted by atomic mass is 35.5. The zero-order chi connectivity index (χ0) is 13.4. The number of nitrogens with zero attached hydrogens (tertiary/aromatic N) is 2. The molecule has 0 aliphatic rings. The molecule has 0 aliphatic carbocycles. The van der Waals surface area contributed by atoms with Crippen LogP contribution in [0.25, 0.3) is 11.0 Å². The fourth-order valence-corrected chi connectivity index (χ4v) is 3.36. The maximum Gasteiger partial charge on any atom is 0.178 e. The van der Waals surface area contributed by atoms with Gasteiger partial charge in [0.1, 0.15) is 5.01 Å². The highest BCUT2D eigenvalue weighted by Gasteiger charge is 2.09. The number of halogens is 1. The van der Waals surface area contributed by atoms with Crippen molar-refractivity contribution in [1.29, 1.82) is 0 Å². The SMILES string of the molecule is CCc1cnc(Cn2c(=S)[nH]c3c(Cl)cccc32)s1. The van der Waals surface area contributed by atoms with E-state index in [9.17, 15) is 0 Å². The van der Waals surface area contributed by atoms with Gasteiger partial charge >= 0.3 is 0 Å². The van der Waals surface area contributed by atoms with Crippen LogP contribution in [0.3, 0.4) is 0 Å². The number of aromatic amines is 1. The van der Waals surface area contributed by atoms with E-state index in [0.29, 0.717) is 16.3 Å². The van der Waals surface area contributed by atoms with Crippen LogP contribution < -0.4 is 0 Å². The summed E-state index contributed by atoms with van der Waals surface area (Å²) in [4.78, 5) is 8.89. The molecule has 3 nitrogen and oxygen atoms in total. The summed E-state index contributed by atoms with van der Waals surface area (Å²) in [6.07, 6.45) is 2.95. The molecule has 0 spiro atoms. The van der Waals surface area contributed by atoms with Gasteiger partial charge in [-0.25, -0.2) is 4.98 Å². The number of hydrogen-bond acceptors (Lipinski definition) is 3. The van der Waals surface area contributed by atoms with E-state index in [0.717, 1.165) is 22.5 Å². The van der Waals surface area contributed by atoms with Crippen molar-refractivity contribution in [2.24, 2.45) is 0 Å². The molecule has 2 heterocycles. The normalized spacial score (nSPS) is 11.3. The van der Waals surface area contributed by atoms with Crippen LogP contribution in [0.4, 0.5) is 0 Å². The van der Waals surface area contributed by atoms with Crippen molar-refractivity contribution >= 4 is 46.2 Å². The van der Waals surface area contributed by atoms with Crippen molar-refractivity contribution in [2.75, 3.05) is 0 Å². The quantitative estimate of drug-likeness (QED) is 0.727. The molecule has 98 valence electrons. The van der Waals surface area contributed by atoms with Crippen LogP contribution in [-0.4, -0.2) is 14.5 Å². The maximum atomic E-state index is 6.17. The first-order valence-corrected chi connectivity index (χ1v) is 7.60. The van der Waals surface area contributed by atoms with E-state index in [-0.39, 0.29) is 0 Å². The second-order valence-electron chi connectivity index (χ2n) is 4.22. The number of thiazole rings is 1. The molecule has 0 unspecified atom stereocenters. The largest absolute Gasteiger partial charge is 0.329 e. The van der Waals surface area contributed by atoms with E-state index in [1.165, 1.54) is 4.88 Å². The summed E-state index contributed by atoms with van der Waals surface area (Å²) < 4.78 is 2.71. The number of hydrogen-bond donors (Lipinski definition) is 1. The second-order valence-corrected chi connectivity index (χ2v) is 6.22. The number of fused-ring (bicyclic) bond motifs is 1. The maximum absolute atomic E-state index is 6.17. The Morgan fingerprint density at radius 1 is 1.47 bits per heavy atom. The number of benzene rings is 1. The molecule has 3 rings (SSSR count). The summed E-state index contributed by atoms with van der Waals surface area (Å²) in [5.74, 6) is 0. The third kappa shape index (κ3) is 2.33. The number of imidazole rings is 1. The average molecular weight is 310 g/mol. The summed E-state index contributed by atoms with van der Waals surface area (Å²) in [5.41, 5.74) is 1.91. The van der Waals surface area contributed by atoms with Gasteiger partial charge in [-0.15, -0.1) is 11.3 Å². The van der Waals surface area contributed by atoms with E-state index in [1.807, 2.05) is 29.0 Å². The van der Waals surface area contributed by atoms with Gasteiger partial charge < -0.3 is 9.55 Å². The Kier molecular flexibility index (Phi) is 3.43. The monoisotopic (exact) mass is 309 g/mol. The van der Waals surface area contributed by atoms with Crippen molar-refractivity contribution < 1.29 is 0 Å². The molecular weight excluding hydrogens is 298 g/mol. The van der Waals surface area contributed by atoms with Gasteiger partial charge in [0.05, 0.1) is 22.6 Å². The van der Waals surface area contributed by atoms with Gasteiger partial charge in [-0.05, 0) is 30.8 Å². The molecule has 2 aromatic heterocycles. The molecule has 0 atom stereocenters. The molecule has 3 aromatic rings. The molecule has 0 amide bonds. The Labute approximate surface area is 124 Å². The number of aryl methyl sites for hydroxylation is 1. The Hall–Kier alpha value is -1.17. The molecule has 0 bridgehead atoms. The molecule has 0 aliphatic heterocycles. The Morgan fingerprint density at radius 2 is 2.32 bits per heavy atom. The first-order chi connectivity index (χ1) is 9.19. The van der Waals surface area contributed by atoms with Gasteiger partial charge in [0.15, 0.2) is 4.77 Å². The second kappa shape index (κ2) is 5.07. The molecule has 0 saturated heterocycles. The molecule has 0 fully saturated rings. The Balaban J connectivity index is 2.07. The highest BCUT2D eigenvalue weighted by Crippen LogP contribution is 2.24. The first-order valence-electron chi connectivity index (χ1n) is 5.99. The molecule has 1 N–H and O–H groups in total. The number of H-pyrrole nitrogens is 1. The lowest BCUT2D eigenvalue weighted by Crippen LogP contribution is -1.98. The van der Waals surface area contributed by atoms with Crippen molar-refractivity contribution in [1.82, 2.24) is 14.5 Å². The van der Waals surface area contributed by atoms with Crippen molar-refractivity contribution in [2.45, 2.75) is 19.9 Å². The zero-order valence-electron chi connectivity index (χ0n) is 10.3. The van der Waals surface area contributed by atoms with Gasteiger partial charge in [-0.1, -0.05) is 24.6 Å². The van der Waals surface area contributed by atoms with E-state index in [2.05, 4.69) is 16.9 Å². The third-order valence-corrected chi connectivity index (χ3v) is 4.77. The number of nitrogens with one attached hydrogen (secondary N) is 1. The lowest BCUT2D eigenvalue weighted by Gasteiger charge is -2.01. The third-order valence-electron chi connectivity index (χ3n) is 3.00. The van der Waals surface area contributed by atoms with Crippen LogP contribution in [-0.2, 0) is 13.0 Å². The van der Waals surface area contributed by atoms with Crippen LogP contribution in [0.1, 0.15) is 16.8 Å². The minimum atomic E-state index is 0.677. The van der Waals surface area contributed by atoms with Crippen molar-refractivity contribution in [3.05, 3.63) is 44.1 Å². The lowest BCUT2D eigenvalue weighted by atomic mass is 10.3. The topological polar surface area (TPSA) is 33.6 Å². The number of aromatic nitrogens is 3. The van der Waals surface area contributed by atoms with Crippen molar-refractivity contribution in [3.8, 4) is 0 Å². The van der Waals surface area contributed by atoms with E-state index >= 15 is 0 Å². The molecule has 1 aromatic carbocycles. The van der Waals surface area contributed by atoms with Gasteiger partial charge in [0.2, 0.25) is 0 Å². The Morgan fingerprint density at radius 3 is 3.05 bits per heavy atom. The van der Waals surface area contributed by atoms with E-state index in [1.54, 1.807) is 11.3 Å². The van der Waals surface area contributed by atoms with Crippen LogP contribution in [0.2, 0.25) is 5.02 Å². The predicted octanol–water partition coefficient (Wildman–Crippen LogP) is 4.42. The first kappa shape index (κ1) is 12.8. The number of rotatable bonds is 3. The van der Waals surface area contributed by atoms with Gasteiger partial charge in [-0.3, -0.25) is 0 Å². The molecule has 19 heavy (non-hydrogen) atoms. The molecule has 0 saturated carbocycles. The fourth-order valence-electron chi connectivity index (χ4n) is 2.02. The zero-order valence-corrected chi connectivity index (χ0v) is 12.7. The fraction of sp³-hybridized carbons (Fsp3) is 0.231. The van der Waals surface area contributed by atoms with Crippen LogP contribution in [0, 0.1) is 4.77 Å².